The molecule has 1 aromatic carbocycles. The van der Waals surface area contributed by atoms with Gasteiger partial charge in [0.05, 0.1) is 6.26 Å². The lowest BCUT2D eigenvalue weighted by atomic mass is 10.2. The van der Waals surface area contributed by atoms with Crippen LogP contribution in [0.15, 0.2) is 52.1 Å². The number of rotatable bonds is 4. The van der Waals surface area contributed by atoms with Gasteiger partial charge in [-0.25, -0.2) is 9.38 Å². The molecule has 1 saturated heterocycles. The third kappa shape index (κ3) is 4.07. The van der Waals surface area contributed by atoms with E-state index in [2.05, 4.69) is 27.0 Å². The average Bonchev–Trinajstić information content (AvgIpc) is 3.13. The van der Waals surface area contributed by atoms with Crippen LogP contribution in [0.5, 0.6) is 0 Å². The molecule has 0 amide bonds. The van der Waals surface area contributed by atoms with Crippen LogP contribution < -0.4 is 10.2 Å². The summed E-state index contributed by atoms with van der Waals surface area (Å²) in [5.74, 6) is 1.57. The zero-order valence-electron chi connectivity index (χ0n) is 13.9. The quantitative estimate of drug-likeness (QED) is 0.691. The fourth-order valence-electron chi connectivity index (χ4n) is 2.81. The Morgan fingerprint density at radius 2 is 1.92 bits per heavy atom. The molecule has 24 heavy (non-hydrogen) atoms. The Balaban J connectivity index is 1.60. The van der Waals surface area contributed by atoms with E-state index in [4.69, 9.17) is 4.42 Å². The molecule has 128 valence electrons. The van der Waals surface area contributed by atoms with Gasteiger partial charge in [0.25, 0.3) is 0 Å². The number of benzene rings is 1. The number of aliphatic imine (C=N–C) groups is 1. The largest absolute Gasteiger partial charge is 0.467 e. The smallest absolute Gasteiger partial charge is 0.194 e. The second kappa shape index (κ2) is 7.86. The van der Waals surface area contributed by atoms with Crippen molar-refractivity contribution in [3.05, 3.63) is 54.2 Å². The summed E-state index contributed by atoms with van der Waals surface area (Å²) in [5.41, 5.74) is 1.06. The highest BCUT2D eigenvalue weighted by Gasteiger charge is 2.19. The van der Waals surface area contributed by atoms with Gasteiger partial charge in [0, 0.05) is 38.4 Å². The molecule has 0 bridgehead atoms. The molecule has 6 heteroatoms. The fourth-order valence-corrected chi connectivity index (χ4v) is 2.81. The molecule has 0 radical (unpaired) electrons. The first-order valence-corrected chi connectivity index (χ1v) is 8.32. The molecule has 0 atom stereocenters. The van der Waals surface area contributed by atoms with E-state index in [0.29, 0.717) is 6.54 Å². The highest BCUT2D eigenvalue weighted by Crippen LogP contribution is 2.17. The van der Waals surface area contributed by atoms with Gasteiger partial charge < -0.3 is 19.5 Å². The van der Waals surface area contributed by atoms with Crippen molar-refractivity contribution in [3.8, 4) is 0 Å². The topological polar surface area (TPSA) is 44.0 Å². The number of hydrogen-bond donors (Lipinski definition) is 1. The summed E-state index contributed by atoms with van der Waals surface area (Å²) in [6, 6.07) is 10.5. The lowest BCUT2D eigenvalue weighted by Crippen LogP contribution is -2.52. The Labute approximate surface area is 141 Å². The molecule has 0 aliphatic carbocycles. The molecule has 1 fully saturated rings. The van der Waals surface area contributed by atoms with Gasteiger partial charge >= 0.3 is 0 Å². The zero-order chi connectivity index (χ0) is 16.8. The van der Waals surface area contributed by atoms with Crippen LogP contribution >= 0.6 is 0 Å². The number of nitrogens with zero attached hydrogens (tertiary/aromatic N) is 3. The second-order valence-electron chi connectivity index (χ2n) is 5.70. The van der Waals surface area contributed by atoms with Gasteiger partial charge in [-0.1, -0.05) is 0 Å². The minimum absolute atomic E-state index is 0.197. The highest BCUT2D eigenvalue weighted by atomic mass is 19.1. The first-order chi connectivity index (χ1) is 11.8. The van der Waals surface area contributed by atoms with E-state index in [1.165, 1.54) is 12.1 Å². The minimum Gasteiger partial charge on any atom is -0.467 e. The van der Waals surface area contributed by atoms with Crippen molar-refractivity contribution >= 4 is 11.6 Å². The molecule has 0 spiro atoms. The number of anilines is 1. The van der Waals surface area contributed by atoms with Crippen LogP contribution in [-0.4, -0.2) is 43.6 Å². The standard InChI is InChI=1S/C18H23FN4O/c1-2-20-18(21-14-17-4-3-13-24-17)23-11-9-22(10-12-23)16-7-5-15(19)6-8-16/h3-8,13H,2,9-12,14H2,1H3,(H,20,21). The predicted molar refractivity (Wildman–Crippen MR) is 93.7 cm³/mol. The highest BCUT2D eigenvalue weighted by molar-refractivity contribution is 5.80. The Hall–Kier alpha value is -2.50. The van der Waals surface area contributed by atoms with Crippen LogP contribution in [0.2, 0.25) is 0 Å². The van der Waals surface area contributed by atoms with Crippen LogP contribution in [0.4, 0.5) is 10.1 Å². The molecule has 0 saturated carbocycles. The van der Waals surface area contributed by atoms with Gasteiger partial charge in [0.15, 0.2) is 5.96 Å². The first kappa shape index (κ1) is 16.4. The van der Waals surface area contributed by atoms with E-state index in [9.17, 15) is 4.39 Å². The van der Waals surface area contributed by atoms with Crippen molar-refractivity contribution < 1.29 is 8.81 Å². The number of guanidine groups is 1. The Bertz CT molecular complexity index is 646. The van der Waals surface area contributed by atoms with Crippen LogP contribution in [-0.2, 0) is 6.54 Å². The van der Waals surface area contributed by atoms with E-state index in [1.54, 1.807) is 6.26 Å². The molecule has 2 aromatic rings. The maximum Gasteiger partial charge on any atom is 0.194 e. The Kier molecular flexibility index (Phi) is 5.36. The predicted octanol–water partition coefficient (Wildman–Crippen LogP) is 2.71. The van der Waals surface area contributed by atoms with E-state index < -0.39 is 0 Å². The molecule has 1 N–H and O–H groups in total. The summed E-state index contributed by atoms with van der Waals surface area (Å²) in [7, 11) is 0. The molecule has 5 nitrogen and oxygen atoms in total. The number of nitrogens with one attached hydrogen (secondary N) is 1. The van der Waals surface area contributed by atoms with E-state index >= 15 is 0 Å². The number of hydrogen-bond acceptors (Lipinski definition) is 3. The van der Waals surface area contributed by atoms with Crippen molar-refractivity contribution in [2.75, 3.05) is 37.6 Å². The van der Waals surface area contributed by atoms with Gasteiger partial charge in [-0.2, -0.15) is 0 Å². The Morgan fingerprint density at radius 1 is 1.17 bits per heavy atom. The van der Waals surface area contributed by atoms with Crippen molar-refractivity contribution in [2.24, 2.45) is 4.99 Å². The fraction of sp³-hybridized carbons (Fsp3) is 0.389. The van der Waals surface area contributed by atoms with Gasteiger partial charge in [-0.05, 0) is 43.3 Å². The van der Waals surface area contributed by atoms with E-state index in [1.807, 2.05) is 24.3 Å². The van der Waals surface area contributed by atoms with Crippen molar-refractivity contribution in [2.45, 2.75) is 13.5 Å². The van der Waals surface area contributed by atoms with Gasteiger partial charge in [0.1, 0.15) is 18.1 Å². The molecular weight excluding hydrogens is 307 g/mol. The SMILES string of the molecule is CCNC(=NCc1ccco1)N1CCN(c2ccc(F)cc2)CC1. The molecule has 3 rings (SSSR count). The minimum atomic E-state index is -0.197. The molecule has 2 heterocycles. The summed E-state index contributed by atoms with van der Waals surface area (Å²) in [6.45, 7) is 6.95. The molecule has 1 aromatic heterocycles. The lowest BCUT2D eigenvalue weighted by Gasteiger charge is -2.37. The third-order valence-corrected chi connectivity index (χ3v) is 4.07. The number of piperazine rings is 1. The van der Waals surface area contributed by atoms with Crippen LogP contribution in [0.1, 0.15) is 12.7 Å². The summed E-state index contributed by atoms with van der Waals surface area (Å²) >= 11 is 0. The maximum absolute atomic E-state index is 13.0. The second-order valence-corrected chi connectivity index (χ2v) is 5.70. The van der Waals surface area contributed by atoms with Crippen LogP contribution in [0.25, 0.3) is 0 Å². The molecular formula is C18H23FN4O. The summed E-state index contributed by atoms with van der Waals surface area (Å²) < 4.78 is 18.4. The van der Waals surface area contributed by atoms with Gasteiger partial charge in [-0.3, -0.25) is 0 Å². The first-order valence-electron chi connectivity index (χ1n) is 8.32. The van der Waals surface area contributed by atoms with E-state index in [0.717, 1.165) is 50.1 Å². The summed E-state index contributed by atoms with van der Waals surface area (Å²) in [5, 5.41) is 3.34. The lowest BCUT2D eigenvalue weighted by molar-refractivity contribution is 0.371. The molecule has 0 unspecified atom stereocenters. The normalized spacial score (nSPS) is 15.7. The zero-order valence-corrected chi connectivity index (χ0v) is 13.9. The van der Waals surface area contributed by atoms with Gasteiger partial charge in [0.2, 0.25) is 0 Å². The van der Waals surface area contributed by atoms with Crippen LogP contribution in [0, 0.1) is 5.82 Å². The maximum atomic E-state index is 13.0. The summed E-state index contributed by atoms with van der Waals surface area (Å²) in [4.78, 5) is 9.18. The van der Waals surface area contributed by atoms with Gasteiger partial charge in [-0.15, -0.1) is 0 Å². The Morgan fingerprint density at radius 3 is 2.54 bits per heavy atom. The number of furan rings is 1. The average molecular weight is 330 g/mol. The van der Waals surface area contributed by atoms with Crippen LogP contribution in [0.3, 0.4) is 0 Å². The van der Waals surface area contributed by atoms with E-state index in [-0.39, 0.29) is 5.82 Å². The monoisotopic (exact) mass is 330 g/mol. The van der Waals surface area contributed by atoms with Crippen molar-refractivity contribution in [1.29, 1.82) is 0 Å². The molecule has 1 aliphatic heterocycles. The van der Waals surface area contributed by atoms with Crippen molar-refractivity contribution in [1.82, 2.24) is 10.2 Å². The van der Waals surface area contributed by atoms with Crippen molar-refractivity contribution in [3.63, 3.8) is 0 Å². The third-order valence-electron chi connectivity index (χ3n) is 4.07. The summed E-state index contributed by atoms with van der Waals surface area (Å²) in [6.07, 6.45) is 1.67. The number of halogens is 1. The molecule has 1 aliphatic rings.